The van der Waals surface area contributed by atoms with E-state index in [1.165, 1.54) is 24.6 Å². The van der Waals surface area contributed by atoms with Crippen LogP contribution < -0.4 is 10.2 Å². The molecule has 0 radical (unpaired) electrons. The Morgan fingerprint density at radius 3 is 1.27 bits per heavy atom. The van der Waals surface area contributed by atoms with Gasteiger partial charge < -0.3 is 30.4 Å². The Labute approximate surface area is 257 Å². The van der Waals surface area contributed by atoms with Crippen molar-refractivity contribution in [2.45, 2.75) is 0 Å². The third-order valence-electron chi connectivity index (χ3n) is 5.24. The number of hydrogen-bond donors (Lipinski definition) is 4. The number of rotatable bonds is 4. The fourth-order valence-corrected chi connectivity index (χ4v) is 3.44. The molecule has 204 valence electrons. The predicted octanol–water partition coefficient (Wildman–Crippen LogP) is 3.99. The van der Waals surface area contributed by atoms with E-state index in [4.69, 9.17) is 10.2 Å². The van der Waals surface area contributed by atoms with Crippen molar-refractivity contribution < 1.29 is 47.7 Å². The van der Waals surface area contributed by atoms with E-state index in [-0.39, 0.29) is 38.8 Å². The van der Waals surface area contributed by atoms with Crippen LogP contribution in [0.3, 0.4) is 0 Å². The van der Waals surface area contributed by atoms with E-state index in [9.17, 15) is 10.2 Å². The van der Waals surface area contributed by atoms with Gasteiger partial charge in [-0.25, -0.2) is 20.0 Å². The van der Waals surface area contributed by atoms with Gasteiger partial charge in [-0.1, -0.05) is 72.8 Å². The zero-order valence-electron chi connectivity index (χ0n) is 22.6. The zero-order valence-corrected chi connectivity index (χ0v) is 26.6. The molecule has 0 saturated heterocycles. The first kappa shape index (κ1) is 32.8. The zero-order chi connectivity index (χ0) is 28.7. The Morgan fingerprint density at radius 1 is 0.561 bits per heavy atom. The van der Waals surface area contributed by atoms with Crippen molar-refractivity contribution in [1.29, 1.82) is 0 Å². The van der Waals surface area contributed by atoms with Gasteiger partial charge in [0.1, 0.15) is 0 Å². The molecule has 0 amide bonds. The van der Waals surface area contributed by atoms with Crippen molar-refractivity contribution in [2.24, 2.45) is 9.98 Å². The van der Waals surface area contributed by atoms with E-state index in [1.807, 2.05) is 48.5 Å². The average molecular weight is 649 g/mol. The van der Waals surface area contributed by atoms with Crippen molar-refractivity contribution in [3.8, 4) is 11.5 Å². The summed E-state index contributed by atoms with van der Waals surface area (Å²) in [7, 11) is 2.00. The fourth-order valence-electron chi connectivity index (χ4n) is 3.44. The minimum absolute atomic E-state index is 0. The molecule has 0 aliphatic heterocycles. The molecule has 4 aromatic carbocycles. The minimum Gasteiger partial charge on any atom is -0.872 e. The Morgan fingerprint density at radius 2 is 0.902 bits per heavy atom. The standard InChI is InChI=1S/2C14H11N3O.2CH4O.Cd/c2*18-13-8-4-1-5-10(13)9-15-14-16-11-6-2-3-7-12(11)17-14;2*1-2;/h2*1-9,18H,(H,16,17);2*2H,1H3;/q;;;;+2/p-2/b2*15-9+;;;. The molecule has 0 aliphatic carbocycles. The first-order valence-electron chi connectivity index (χ1n) is 12.0. The number of aromatic amines is 2. The summed E-state index contributed by atoms with van der Waals surface area (Å²) in [5.41, 5.74) is 4.69. The molecule has 0 saturated carbocycles. The van der Waals surface area contributed by atoms with Crippen molar-refractivity contribution in [3.63, 3.8) is 0 Å². The van der Waals surface area contributed by atoms with Gasteiger partial charge >= 0.3 is 27.3 Å². The molecule has 0 fully saturated rings. The number of aromatic nitrogens is 4. The molecule has 0 atom stereocenters. The van der Waals surface area contributed by atoms with Crippen LogP contribution >= 0.6 is 0 Å². The van der Waals surface area contributed by atoms with Crippen molar-refractivity contribution >= 4 is 46.4 Å². The number of para-hydroxylation sites is 6. The Hall–Kier alpha value is -4.40. The molecular weight excluding hydrogens is 621 g/mol. The molecule has 6 rings (SSSR count). The quantitative estimate of drug-likeness (QED) is 0.166. The molecule has 10 nitrogen and oxygen atoms in total. The maximum atomic E-state index is 11.5. The smallest absolute Gasteiger partial charge is 0.872 e. The van der Waals surface area contributed by atoms with Crippen LogP contribution in [0, 0.1) is 0 Å². The largest absolute Gasteiger partial charge is 2.00 e. The van der Waals surface area contributed by atoms with Crippen molar-refractivity contribution in [2.75, 3.05) is 14.2 Å². The molecule has 0 bridgehead atoms. The van der Waals surface area contributed by atoms with Crippen LogP contribution in [0.2, 0.25) is 0 Å². The SMILES string of the molecule is CO.CO.[Cd+2].[O-]c1ccccc1/C=N/c1nc2ccccc2[nH]1.[O-]c1ccccc1/C=N/c1nc2ccccc2[nH]1. The molecule has 41 heavy (non-hydrogen) atoms. The van der Waals surface area contributed by atoms with Crippen LogP contribution in [0.4, 0.5) is 11.9 Å². The molecule has 0 spiro atoms. The van der Waals surface area contributed by atoms with Crippen LogP contribution in [-0.2, 0) is 27.3 Å². The van der Waals surface area contributed by atoms with E-state index in [1.54, 1.807) is 36.4 Å². The van der Waals surface area contributed by atoms with E-state index in [0.29, 0.717) is 23.0 Å². The fraction of sp³-hybridized carbons (Fsp3) is 0.0667. The predicted molar refractivity (Wildman–Crippen MR) is 155 cm³/mol. The van der Waals surface area contributed by atoms with Crippen LogP contribution in [0.25, 0.3) is 22.1 Å². The molecular formula is C30H28CdN6O4. The Balaban J connectivity index is 0.000000251. The molecule has 6 aromatic rings. The number of aliphatic imine (C=N–C) groups is 2. The molecule has 2 heterocycles. The topological polar surface area (TPSA) is 169 Å². The third kappa shape index (κ3) is 9.34. The summed E-state index contributed by atoms with van der Waals surface area (Å²) in [5.74, 6) is 0.911. The second-order valence-corrected chi connectivity index (χ2v) is 7.75. The van der Waals surface area contributed by atoms with Gasteiger partial charge in [0.2, 0.25) is 11.9 Å². The van der Waals surface area contributed by atoms with Gasteiger partial charge in [0.05, 0.1) is 22.1 Å². The maximum Gasteiger partial charge on any atom is 2.00 e. The third-order valence-corrected chi connectivity index (χ3v) is 5.24. The van der Waals surface area contributed by atoms with Crippen LogP contribution in [-0.4, -0.2) is 56.8 Å². The van der Waals surface area contributed by atoms with Crippen molar-refractivity contribution in [3.05, 3.63) is 108 Å². The summed E-state index contributed by atoms with van der Waals surface area (Å²) in [5, 5.41) is 37.0. The second-order valence-electron chi connectivity index (χ2n) is 7.75. The van der Waals surface area contributed by atoms with Gasteiger partial charge in [-0.3, -0.25) is 0 Å². The number of benzene rings is 4. The first-order chi connectivity index (χ1) is 19.7. The van der Waals surface area contributed by atoms with Crippen LogP contribution in [0.1, 0.15) is 11.1 Å². The van der Waals surface area contributed by atoms with Gasteiger partial charge in [-0.15, -0.1) is 11.5 Å². The number of nitrogens with one attached hydrogen (secondary N) is 2. The maximum absolute atomic E-state index is 11.5. The number of nitrogens with zero attached hydrogens (tertiary/aromatic N) is 4. The number of imidazole rings is 2. The molecule has 0 aliphatic rings. The number of fused-ring (bicyclic) bond motifs is 2. The number of aliphatic hydroxyl groups is 2. The molecule has 0 unspecified atom stereocenters. The molecule has 11 heteroatoms. The number of aliphatic hydroxyl groups excluding tert-OH is 2. The molecule has 4 N–H and O–H groups in total. The van der Waals surface area contributed by atoms with Gasteiger partial charge in [-0.05, 0) is 35.4 Å². The molecule has 2 aromatic heterocycles. The minimum atomic E-state index is -0.0441. The van der Waals surface area contributed by atoms with E-state index in [0.717, 1.165) is 36.3 Å². The number of H-pyrrole nitrogens is 2. The summed E-state index contributed by atoms with van der Waals surface area (Å²) >= 11 is 0. The summed E-state index contributed by atoms with van der Waals surface area (Å²) < 4.78 is 0. The normalized spacial score (nSPS) is 10.2. The summed E-state index contributed by atoms with van der Waals surface area (Å²) in [6, 6.07) is 28.9. The van der Waals surface area contributed by atoms with Gasteiger partial charge in [0, 0.05) is 26.6 Å². The Kier molecular flexibility index (Phi) is 13.9. The van der Waals surface area contributed by atoms with E-state index < -0.39 is 0 Å². The summed E-state index contributed by atoms with van der Waals surface area (Å²) in [4.78, 5) is 23.1. The van der Waals surface area contributed by atoms with E-state index in [2.05, 4.69) is 29.9 Å². The average Bonchev–Trinajstić information content (AvgIpc) is 3.62. The monoisotopic (exact) mass is 650 g/mol. The van der Waals surface area contributed by atoms with Gasteiger partial charge in [-0.2, -0.15) is 0 Å². The van der Waals surface area contributed by atoms with Crippen LogP contribution in [0.5, 0.6) is 11.5 Å². The Bertz CT molecular complexity index is 1510. The first-order valence-corrected chi connectivity index (χ1v) is 12.0. The summed E-state index contributed by atoms with van der Waals surface area (Å²) in [6.45, 7) is 0. The second kappa shape index (κ2) is 17.3. The van der Waals surface area contributed by atoms with Gasteiger partial charge in [0.15, 0.2) is 0 Å². The van der Waals surface area contributed by atoms with Crippen molar-refractivity contribution in [1.82, 2.24) is 19.9 Å². The van der Waals surface area contributed by atoms with Crippen LogP contribution in [0.15, 0.2) is 107 Å². The number of hydrogen-bond acceptors (Lipinski definition) is 8. The van der Waals surface area contributed by atoms with Gasteiger partial charge in [0.25, 0.3) is 0 Å². The van der Waals surface area contributed by atoms with E-state index >= 15 is 0 Å². The summed E-state index contributed by atoms with van der Waals surface area (Å²) in [6.07, 6.45) is 3.06.